The second-order valence-corrected chi connectivity index (χ2v) is 7.42. The van der Waals surface area contributed by atoms with Crippen molar-refractivity contribution in [3.8, 4) is 22.8 Å². The van der Waals surface area contributed by atoms with Gasteiger partial charge in [0, 0.05) is 23.1 Å². The fourth-order valence-electron chi connectivity index (χ4n) is 3.48. The molecule has 9 heteroatoms. The van der Waals surface area contributed by atoms with E-state index in [1.165, 1.54) is 18.2 Å². The van der Waals surface area contributed by atoms with Crippen molar-refractivity contribution in [3.63, 3.8) is 0 Å². The summed E-state index contributed by atoms with van der Waals surface area (Å²) in [6, 6.07) is 18.2. The first kappa shape index (κ1) is 19.8. The number of nitrogens with one attached hydrogen (secondary N) is 1. The van der Waals surface area contributed by atoms with Crippen molar-refractivity contribution in [2.75, 3.05) is 12.1 Å². The summed E-state index contributed by atoms with van der Waals surface area (Å²) in [6.07, 6.45) is 0. The fourth-order valence-corrected chi connectivity index (χ4v) is 3.64. The topological polar surface area (TPSA) is 104 Å². The third kappa shape index (κ3) is 3.57. The number of hydrogen-bond acceptors (Lipinski definition) is 6. The Kier molecular flexibility index (Phi) is 4.84. The molecule has 32 heavy (non-hydrogen) atoms. The van der Waals surface area contributed by atoms with Gasteiger partial charge in [-0.1, -0.05) is 29.8 Å². The van der Waals surface area contributed by atoms with E-state index in [1.807, 2.05) is 18.2 Å². The van der Waals surface area contributed by atoms with Crippen molar-refractivity contribution in [2.24, 2.45) is 0 Å². The Balaban J connectivity index is 1.58. The number of nitro benzene ring substituents is 1. The van der Waals surface area contributed by atoms with E-state index in [9.17, 15) is 14.9 Å². The van der Waals surface area contributed by atoms with Gasteiger partial charge in [0.15, 0.2) is 11.5 Å². The smallest absolute Gasteiger partial charge is 0.271 e. The van der Waals surface area contributed by atoms with Crippen LogP contribution >= 0.6 is 11.6 Å². The van der Waals surface area contributed by atoms with Crippen molar-refractivity contribution in [2.45, 2.75) is 0 Å². The maximum absolute atomic E-state index is 13.2. The molecular weight excluding hydrogens is 434 g/mol. The van der Waals surface area contributed by atoms with Crippen LogP contribution in [0.1, 0.15) is 10.4 Å². The molecule has 8 nitrogen and oxygen atoms in total. The molecule has 0 saturated heterocycles. The molecule has 0 fully saturated rings. The third-order valence-corrected chi connectivity index (χ3v) is 5.37. The zero-order valence-electron chi connectivity index (χ0n) is 16.4. The molecule has 2 heterocycles. The van der Waals surface area contributed by atoms with E-state index >= 15 is 0 Å². The van der Waals surface area contributed by atoms with E-state index in [2.05, 4.69) is 10.3 Å². The zero-order chi connectivity index (χ0) is 22.2. The van der Waals surface area contributed by atoms with Crippen LogP contribution in [0.15, 0.2) is 66.7 Å². The van der Waals surface area contributed by atoms with Crippen LogP contribution < -0.4 is 14.8 Å². The number of carbonyl (C=O) groups is 1. The number of pyridine rings is 1. The molecule has 3 aromatic carbocycles. The Labute approximate surface area is 186 Å². The van der Waals surface area contributed by atoms with Gasteiger partial charge in [-0.05, 0) is 36.4 Å². The predicted molar refractivity (Wildman–Crippen MR) is 119 cm³/mol. The van der Waals surface area contributed by atoms with Crippen LogP contribution in [0.2, 0.25) is 5.02 Å². The zero-order valence-corrected chi connectivity index (χ0v) is 17.1. The Morgan fingerprint density at radius 2 is 1.84 bits per heavy atom. The fraction of sp³-hybridized carbons (Fsp3) is 0.0435. The normalized spacial score (nSPS) is 12.0. The molecule has 1 aromatic heterocycles. The standard InChI is InChI=1S/C23H14ClN3O5/c24-17-7-6-14(27(29)30)10-20(17)26-23(28)16-11-19(25-18-4-2-1-3-15(16)18)13-5-8-21-22(9-13)32-12-31-21/h1-11H,12H2,(H,26,28). The molecule has 0 unspecified atom stereocenters. The number of nitro groups is 1. The lowest BCUT2D eigenvalue weighted by Crippen LogP contribution is -2.13. The van der Waals surface area contributed by atoms with Gasteiger partial charge in [0.25, 0.3) is 11.6 Å². The van der Waals surface area contributed by atoms with Gasteiger partial charge in [-0.2, -0.15) is 0 Å². The second-order valence-electron chi connectivity index (χ2n) is 7.02. The second kappa shape index (κ2) is 7.82. The lowest BCUT2D eigenvalue weighted by Gasteiger charge is -2.12. The molecule has 0 bridgehead atoms. The average molecular weight is 448 g/mol. The molecule has 1 N–H and O–H groups in total. The molecule has 0 spiro atoms. The summed E-state index contributed by atoms with van der Waals surface area (Å²) in [5.41, 5.74) is 2.27. The van der Waals surface area contributed by atoms with Crippen LogP contribution in [0.25, 0.3) is 22.2 Å². The Morgan fingerprint density at radius 1 is 1.03 bits per heavy atom. The highest BCUT2D eigenvalue weighted by molar-refractivity contribution is 6.34. The monoisotopic (exact) mass is 447 g/mol. The number of halogens is 1. The van der Waals surface area contributed by atoms with Crippen molar-refractivity contribution in [3.05, 3.63) is 87.4 Å². The first-order valence-electron chi connectivity index (χ1n) is 9.55. The molecule has 158 valence electrons. The van der Waals surface area contributed by atoms with Crippen LogP contribution in [0, 0.1) is 10.1 Å². The number of non-ortho nitro benzene ring substituents is 1. The van der Waals surface area contributed by atoms with E-state index in [-0.39, 0.29) is 23.2 Å². The van der Waals surface area contributed by atoms with Crippen LogP contribution in [0.5, 0.6) is 11.5 Å². The lowest BCUT2D eigenvalue weighted by atomic mass is 10.0. The van der Waals surface area contributed by atoms with Crippen molar-refractivity contribution < 1.29 is 19.2 Å². The molecule has 1 amide bonds. The molecule has 1 aliphatic heterocycles. The minimum absolute atomic E-state index is 0.149. The van der Waals surface area contributed by atoms with Gasteiger partial charge < -0.3 is 14.8 Å². The van der Waals surface area contributed by atoms with Crippen LogP contribution in [0.3, 0.4) is 0 Å². The highest BCUT2D eigenvalue weighted by Crippen LogP contribution is 2.36. The lowest BCUT2D eigenvalue weighted by molar-refractivity contribution is -0.384. The van der Waals surface area contributed by atoms with Gasteiger partial charge >= 0.3 is 0 Å². The Bertz CT molecular complexity index is 1410. The summed E-state index contributed by atoms with van der Waals surface area (Å²) >= 11 is 6.16. The maximum Gasteiger partial charge on any atom is 0.271 e. The summed E-state index contributed by atoms with van der Waals surface area (Å²) in [6.45, 7) is 0.154. The molecule has 0 atom stereocenters. The van der Waals surface area contributed by atoms with E-state index in [0.29, 0.717) is 33.7 Å². The van der Waals surface area contributed by atoms with Crippen molar-refractivity contribution >= 4 is 39.8 Å². The number of amides is 1. The van der Waals surface area contributed by atoms with E-state index in [4.69, 9.17) is 21.1 Å². The number of carbonyl (C=O) groups excluding carboxylic acids is 1. The average Bonchev–Trinajstić information content (AvgIpc) is 3.27. The number of para-hydroxylation sites is 1. The highest BCUT2D eigenvalue weighted by atomic mass is 35.5. The molecular formula is C23H14ClN3O5. The van der Waals surface area contributed by atoms with Gasteiger partial charge in [-0.15, -0.1) is 0 Å². The first-order chi connectivity index (χ1) is 15.5. The number of ether oxygens (including phenoxy) is 2. The molecule has 1 aliphatic rings. The summed E-state index contributed by atoms with van der Waals surface area (Å²) < 4.78 is 10.8. The SMILES string of the molecule is O=C(Nc1cc([N+](=O)[O-])ccc1Cl)c1cc(-c2ccc3c(c2)OCO3)nc2ccccc12. The molecule has 0 radical (unpaired) electrons. The van der Waals surface area contributed by atoms with Crippen LogP contribution in [-0.4, -0.2) is 22.6 Å². The summed E-state index contributed by atoms with van der Waals surface area (Å²) in [5.74, 6) is 0.785. The Hall–Kier alpha value is -4.17. The largest absolute Gasteiger partial charge is 0.454 e. The molecule has 4 aromatic rings. The minimum Gasteiger partial charge on any atom is -0.454 e. The number of anilines is 1. The van der Waals surface area contributed by atoms with Gasteiger partial charge in [-0.25, -0.2) is 4.98 Å². The number of fused-ring (bicyclic) bond motifs is 2. The highest BCUT2D eigenvalue weighted by Gasteiger charge is 2.19. The first-order valence-corrected chi connectivity index (χ1v) is 9.92. The quantitative estimate of drug-likeness (QED) is 0.330. The molecule has 0 aliphatic carbocycles. The number of aromatic nitrogens is 1. The Morgan fingerprint density at radius 3 is 2.69 bits per heavy atom. The third-order valence-electron chi connectivity index (χ3n) is 5.04. The predicted octanol–water partition coefficient (Wildman–Crippen LogP) is 5.44. The molecule has 0 saturated carbocycles. The number of nitrogens with zero attached hydrogens (tertiary/aromatic N) is 2. The van der Waals surface area contributed by atoms with Crippen molar-refractivity contribution in [1.29, 1.82) is 0 Å². The van der Waals surface area contributed by atoms with E-state index in [0.717, 1.165) is 5.56 Å². The number of hydrogen-bond donors (Lipinski definition) is 1. The van der Waals surface area contributed by atoms with E-state index in [1.54, 1.807) is 30.3 Å². The summed E-state index contributed by atoms with van der Waals surface area (Å²) in [4.78, 5) is 28.5. The maximum atomic E-state index is 13.2. The minimum atomic E-state index is -0.550. The van der Waals surface area contributed by atoms with Crippen LogP contribution in [0.4, 0.5) is 11.4 Å². The van der Waals surface area contributed by atoms with Gasteiger partial charge in [0.2, 0.25) is 6.79 Å². The number of rotatable bonds is 4. The van der Waals surface area contributed by atoms with Gasteiger partial charge in [0.05, 0.1) is 32.4 Å². The van der Waals surface area contributed by atoms with Gasteiger partial charge in [0.1, 0.15) is 0 Å². The van der Waals surface area contributed by atoms with Gasteiger partial charge in [-0.3, -0.25) is 14.9 Å². The number of benzene rings is 3. The molecule has 5 rings (SSSR count). The summed E-state index contributed by atoms with van der Waals surface area (Å²) in [7, 11) is 0. The summed E-state index contributed by atoms with van der Waals surface area (Å²) in [5, 5.41) is 14.6. The van der Waals surface area contributed by atoms with E-state index < -0.39 is 10.8 Å². The van der Waals surface area contributed by atoms with Crippen molar-refractivity contribution in [1.82, 2.24) is 4.98 Å². The van der Waals surface area contributed by atoms with Crippen LogP contribution in [-0.2, 0) is 0 Å².